The summed E-state index contributed by atoms with van der Waals surface area (Å²) in [4.78, 5) is 16.0. The molecule has 0 spiro atoms. The average molecular weight is 297 g/mol. The van der Waals surface area contributed by atoms with Crippen molar-refractivity contribution >= 4 is 17.9 Å². The molecule has 0 saturated heterocycles. The van der Waals surface area contributed by atoms with Gasteiger partial charge in [0, 0.05) is 0 Å². The zero-order chi connectivity index (χ0) is 15.4. The van der Waals surface area contributed by atoms with E-state index in [9.17, 15) is 4.79 Å². The SMILES string of the molecule is CCCOc1ccc(/C=C2\N=C(c3ccco3)OC2=O)cc1. The summed E-state index contributed by atoms with van der Waals surface area (Å²) < 4.78 is 15.8. The summed E-state index contributed by atoms with van der Waals surface area (Å²) in [7, 11) is 0. The molecule has 0 bridgehead atoms. The van der Waals surface area contributed by atoms with E-state index in [0.717, 1.165) is 17.7 Å². The maximum Gasteiger partial charge on any atom is 0.363 e. The number of hydrogen-bond acceptors (Lipinski definition) is 5. The minimum absolute atomic E-state index is 0.184. The molecule has 0 N–H and O–H groups in total. The monoisotopic (exact) mass is 297 g/mol. The van der Waals surface area contributed by atoms with Gasteiger partial charge in [0.2, 0.25) is 0 Å². The molecule has 0 aliphatic carbocycles. The molecule has 0 saturated carbocycles. The summed E-state index contributed by atoms with van der Waals surface area (Å²) in [5.74, 6) is 0.930. The van der Waals surface area contributed by atoms with E-state index in [2.05, 4.69) is 11.9 Å². The Bertz CT molecular complexity index is 712. The molecule has 5 nitrogen and oxygen atoms in total. The van der Waals surface area contributed by atoms with Gasteiger partial charge in [-0.05, 0) is 42.3 Å². The van der Waals surface area contributed by atoms with Crippen molar-refractivity contribution in [1.82, 2.24) is 0 Å². The summed E-state index contributed by atoms with van der Waals surface area (Å²) in [6.07, 6.45) is 4.13. The van der Waals surface area contributed by atoms with Crippen LogP contribution in [0, 0.1) is 0 Å². The van der Waals surface area contributed by atoms with E-state index in [1.165, 1.54) is 6.26 Å². The van der Waals surface area contributed by atoms with Crippen LogP contribution in [-0.4, -0.2) is 18.5 Å². The third-order valence-electron chi connectivity index (χ3n) is 3.01. The van der Waals surface area contributed by atoms with Gasteiger partial charge < -0.3 is 13.9 Å². The highest BCUT2D eigenvalue weighted by atomic mass is 16.6. The Labute approximate surface area is 127 Å². The molecule has 0 fully saturated rings. The lowest BCUT2D eigenvalue weighted by Gasteiger charge is -2.03. The number of carbonyl (C=O) groups excluding carboxylic acids is 1. The molecular formula is C17H15NO4. The highest BCUT2D eigenvalue weighted by Gasteiger charge is 2.25. The van der Waals surface area contributed by atoms with Crippen LogP contribution < -0.4 is 4.74 Å². The molecule has 0 atom stereocenters. The second-order valence-electron chi connectivity index (χ2n) is 4.73. The lowest BCUT2D eigenvalue weighted by atomic mass is 10.2. The standard InChI is InChI=1S/C17H15NO4/c1-2-9-20-13-7-5-12(6-8-13)11-14-17(19)22-16(18-14)15-4-3-10-21-15/h3-8,10-11H,2,9H2,1H3/b14-11-. The molecule has 0 unspecified atom stereocenters. The number of rotatable bonds is 5. The molecular weight excluding hydrogens is 282 g/mol. The fourth-order valence-corrected chi connectivity index (χ4v) is 1.95. The zero-order valence-electron chi connectivity index (χ0n) is 12.1. The number of furan rings is 1. The van der Waals surface area contributed by atoms with Gasteiger partial charge in [-0.1, -0.05) is 19.1 Å². The Balaban J connectivity index is 1.78. The molecule has 3 rings (SSSR count). The number of aliphatic imine (C=N–C) groups is 1. The van der Waals surface area contributed by atoms with Crippen molar-refractivity contribution in [3.63, 3.8) is 0 Å². The summed E-state index contributed by atoms with van der Waals surface area (Å²) in [5, 5.41) is 0. The van der Waals surface area contributed by atoms with E-state index in [-0.39, 0.29) is 11.6 Å². The van der Waals surface area contributed by atoms with E-state index in [1.807, 2.05) is 24.3 Å². The van der Waals surface area contributed by atoms with Gasteiger partial charge in [-0.15, -0.1) is 0 Å². The van der Waals surface area contributed by atoms with E-state index in [0.29, 0.717) is 12.4 Å². The number of cyclic esters (lactones) is 1. The van der Waals surface area contributed by atoms with Crippen LogP contribution in [0.4, 0.5) is 0 Å². The smallest absolute Gasteiger partial charge is 0.363 e. The Hall–Kier alpha value is -2.82. The first-order valence-corrected chi connectivity index (χ1v) is 7.05. The van der Waals surface area contributed by atoms with Crippen molar-refractivity contribution in [2.75, 3.05) is 6.61 Å². The van der Waals surface area contributed by atoms with Crippen LogP contribution in [-0.2, 0) is 9.53 Å². The topological polar surface area (TPSA) is 61.0 Å². The minimum atomic E-state index is -0.488. The summed E-state index contributed by atoms with van der Waals surface area (Å²) >= 11 is 0. The molecule has 1 aliphatic rings. The van der Waals surface area contributed by atoms with Gasteiger partial charge in [-0.2, -0.15) is 0 Å². The highest BCUT2D eigenvalue weighted by Crippen LogP contribution is 2.20. The van der Waals surface area contributed by atoms with Crippen LogP contribution in [0.25, 0.3) is 6.08 Å². The zero-order valence-corrected chi connectivity index (χ0v) is 12.1. The Morgan fingerprint density at radius 3 is 2.73 bits per heavy atom. The average Bonchev–Trinajstić information content (AvgIpc) is 3.17. The third kappa shape index (κ3) is 3.09. The summed E-state index contributed by atoms with van der Waals surface area (Å²) in [6.45, 7) is 2.74. The molecule has 1 aromatic carbocycles. The molecule has 0 amide bonds. The number of nitrogens with zero attached hydrogens (tertiary/aromatic N) is 1. The minimum Gasteiger partial charge on any atom is -0.494 e. The van der Waals surface area contributed by atoms with Crippen molar-refractivity contribution < 1.29 is 18.7 Å². The van der Waals surface area contributed by atoms with E-state index >= 15 is 0 Å². The van der Waals surface area contributed by atoms with Crippen molar-refractivity contribution in [3.05, 3.63) is 59.7 Å². The van der Waals surface area contributed by atoms with Crippen LogP contribution in [0.15, 0.2) is 57.8 Å². The predicted octanol–water partition coefficient (Wildman–Crippen LogP) is 3.41. The number of hydrogen-bond donors (Lipinski definition) is 0. The second kappa shape index (κ2) is 6.30. The highest BCUT2D eigenvalue weighted by molar-refractivity contribution is 6.11. The van der Waals surface area contributed by atoms with Crippen LogP contribution in [0.5, 0.6) is 5.75 Å². The Morgan fingerprint density at radius 1 is 1.23 bits per heavy atom. The van der Waals surface area contributed by atoms with Crippen LogP contribution in [0.2, 0.25) is 0 Å². The van der Waals surface area contributed by atoms with Crippen molar-refractivity contribution in [2.24, 2.45) is 4.99 Å². The summed E-state index contributed by atoms with van der Waals surface area (Å²) in [6, 6.07) is 10.9. The van der Waals surface area contributed by atoms with Crippen molar-refractivity contribution in [1.29, 1.82) is 0 Å². The van der Waals surface area contributed by atoms with E-state index in [1.54, 1.807) is 18.2 Å². The van der Waals surface area contributed by atoms with E-state index in [4.69, 9.17) is 13.9 Å². The van der Waals surface area contributed by atoms with Crippen molar-refractivity contribution in [3.8, 4) is 5.75 Å². The second-order valence-corrected chi connectivity index (χ2v) is 4.73. The first-order chi connectivity index (χ1) is 10.8. The van der Waals surface area contributed by atoms with Gasteiger partial charge in [-0.3, -0.25) is 0 Å². The maximum atomic E-state index is 11.8. The first kappa shape index (κ1) is 14.1. The normalized spacial score (nSPS) is 15.8. The third-order valence-corrected chi connectivity index (χ3v) is 3.01. The van der Waals surface area contributed by atoms with Gasteiger partial charge in [0.15, 0.2) is 11.5 Å². The Kier molecular flexibility index (Phi) is 4.05. The molecule has 5 heteroatoms. The van der Waals surface area contributed by atoms with Crippen molar-refractivity contribution in [2.45, 2.75) is 13.3 Å². The molecule has 1 aromatic heterocycles. The molecule has 1 aliphatic heterocycles. The lowest BCUT2D eigenvalue weighted by molar-refractivity contribution is -0.130. The number of ether oxygens (including phenoxy) is 2. The van der Waals surface area contributed by atoms with Gasteiger partial charge in [0.05, 0.1) is 12.9 Å². The quantitative estimate of drug-likeness (QED) is 0.626. The maximum absolute atomic E-state index is 11.8. The van der Waals surface area contributed by atoms with Gasteiger partial charge in [0.25, 0.3) is 5.90 Å². The van der Waals surface area contributed by atoms with E-state index < -0.39 is 5.97 Å². The van der Waals surface area contributed by atoms with Gasteiger partial charge >= 0.3 is 5.97 Å². The molecule has 2 aromatic rings. The molecule has 0 radical (unpaired) electrons. The number of benzene rings is 1. The number of carbonyl (C=O) groups is 1. The fourth-order valence-electron chi connectivity index (χ4n) is 1.95. The molecule has 112 valence electrons. The largest absolute Gasteiger partial charge is 0.494 e. The van der Waals surface area contributed by atoms with Gasteiger partial charge in [0.1, 0.15) is 5.75 Å². The fraction of sp³-hybridized carbons (Fsp3) is 0.176. The van der Waals surface area contributed by atoms with Crippen LogP contribution in [0.1, 0.15) is 24.7 Å². The first-order valence-electron chi connectivity index (χ1n) is 7.05. The molecule has 22 heavy (non-hydrogen) atoms. The Morgan fingerprint density at radius 2 is 2.05 bits per heavy atom. The summed E-state index contributed by atoms with van der Waals surface area (Å²) in [5.41, 5.74) is 1.09. The van der Waals surface area contributed by atoms with Crippen LogP contribution in [0.3, 0.4) is 0 Å². The van der Waals surface area contributed by atoms with Gasteiger partial charge in [-0.25, -0.2) is 9.79 Å². The number of esters is 1. The lowest BCUT2D eigenvalue weighted by Crippen LogP contribution is -2.04. The molecule has 2 heterocycles. The predicted molar refractivity (Wildman–Crippen MR) is 81.5 cm³/mol. The van der Waals surface area contributed by atoms with Crippen LogP contribution >= 0.6 is 0 Å².